The van der Waals surface area contributed by atoms with Gasteiger partial charge in [-0.3, -0.25) is 0 Å². The standard InChI is InChI=1S/C14H20Cl2N2O2S/c1-9-13(15)6-12(7-14(9)16)21(19,20)18-5-3-4-11(8-18)10(2)17/h6-7,10-11H,3-5,8,17H2,1-2H3. The van der Waals surface area contributed by atoms with Gasteiger partial charge in [0.1, 0.15) is 0 Å². The summed E-state index contributed by atoms with van der Waals surface area (Å²) in [5.74, 6) is 0.185. The lowest BCUT2D eigenvalue weighted by molar-refractivity contribution is 0.243. The van der Waals surface area contributed by atoms with E-state index in [0.717, 1.165) is 12.8 Å². The summed E-state index contributed by atoms with van der Waals surface area (Å²) in [7, 11) is -3.58. The number of hydrogen-bond acceptors (Lipinski definition) is 3. The molecule has 0 aromatic heterocycles. The Morgan fingerprint density at radius 1 is 1.33 bits per heavy atom. The van der Waals surface area contributed by atoms with Crippen LogP contribution in [0.15, 0.2) is 17.0 Å². The number of halogens is 2. The van der Waals surface area contributed by atoms with Gasteiger partial charge in [0.15, 0.2) is 0 Å². The molecular formula is C14H20Cl2N2O2S. The summed E-state index contributed by atoms with van der Waals surface area (Å²) in [6.07, 6.45) is 1.78. The molecule has 2 unspecified atom stereocenters. The number of rotatable bonds is 3. The van der Waals surface area contributed by atoms with Crippen LogP contribution in [0.1, 0.15) is 25.3 Å². The Morgan fingerprint density at radius 3 is 2.43 bits per heavy atom. The number of sulfonamides is 1. The fourth-order valence-electron chi connectivity index (χ4n) is 2.54. The van der Waals surface area contributed by atoms with E-state index in [-0.39, 0.29) is 16.9 Å². The van der Waals surface area contributed by atoms with E-state index in [1.807, 2.05) is 6.92 Å². The Labute approximate surface area is 136 Å². The molecule has 1 saturated heterocycles. The zero-order chi connectivity index (χ0) is 15.8. The van der Waals surface area contributed by atoms with E-state index >= 15 is 0 Å². The second kappa shape index (κ2) is 6.42. The molecule has 118 valence electrons. The summed E-state index contributed by atoms with van der Waals surface area (Å²) in [5, 5.41) is 0.726. The SMILES string of the molecule is Cc1c(Cl)cc(S(=O)(=O)N2CCCC(C(C)N)C2)cc1Cl. The fourth-order valence-corrected chi connectivity index (χ4v) is 4.75. The average Bonchev–Trinajstić information content (AvgIpc) is 2.44. The summed E-state index contributed by atoms with van der Waals surface area (Å²) in [4.78, 5) is 0.147. The first kappa shape index (κ1) is 17.0. The molecule has 0 radical (unpaired) electrons. The molecule has 1 heterocycles. The Balaban J connectivity index is 2.34. The lowest BCUT2D eigenvalue weighted by Crippen LogP contribution is -2.44. The molecule has 2 rings (SSSR count). The van der Waals surface area contributed by atoms with E-state index < -0.39 is 10.0 Å². The first-order chi connectivity index (χ1) is 9.73. The maximum absolute atomic E-state index is 12.7. The van der Waals surface area contributed by atoms with Crippen molar-refractivity contribution in [3.8, 4) is 0 Å². The number of nitrogens with two attached hydrogens (primary N) is 1. The van der Waals surface area contributed by atoms with E-state index in [1.54, 1.807) is 6.92 Å². The minimum atomic E-state index is -3.58. The van der Waals surface area contributed by atoms with Gasteiger partial charge in [-0.1, -0.05) is 23.2 Å². The van der Waals surface area contributed by atoms with Gasteiger partial charge >= 0.3 is 0 Å². The van der Waals surface area contributed by atoms with E-state index in [4.69, 9.17) is 28.9 Å². The highest BCUT2D eigenvalue weighted by Gasteiger charge is 2.32. The highest BCUT2D eigenvalue weighted by molar-refractivity contribution is 7.89. The first-order valence-corrected chi connectivity index (χ1v) is 9.14. The maximum atomic E-state index is 12.7. The summed E-state index contributed by atoms with van der Waals surface area (Å²) in [5.41, 5.74) is 6.60. The molecule has 2 atom stereocenters. The predicted molar refractivity (Wildman–Crippen MR) is 86.3 cm³/mol. The number of hydrogen-bond donors (Lipinski definition) is 1. The molecule has 4 nitrogen and oxygen atoms in total. The summed E-state index contributed by atoms with van der Waals surface area (Å²) in [6.45, 7) is 4.63. The van der Waals surface area contributed by atoms with Crippen LogP contribution in [0.5, 0.6) is 0 Å². The molecule has 0 bridgehead atoms. The van der Waals surface area contributed by atoms with Gasteiger partial charge in [-0.15, -0.1) is 0 Å². The van der Waals surface area contributed by atoms with Crippen molar-refractivity contribution >= 4 is 33.2 Å². The van der Waals surface area contributed by atoms with Crippen LogP contribution in [0.3, 0.4) is 0 Å². The second-order valence-electron chi connectivity index (χ2n) is 5.64. The summed E-state index contributed by atoms with van der Waals surface area (Å²) in [6, 6.07) is 2.91. The number of nitrogens with zero attached hydrogens (tertiary/aromatic N) is 1. The van der Waals surface area contributed by atoms with Gasteiger partial charge in [-0.05, 0) is 50.3 Å². The zero-order valence-corrected chi connectivity index (χ0v) is 14.5. The van der Waals surface area contributed by atoms with Crippen molar-refractivity contribution in [1.29, 1.82) is 0 Å². The van der Waals surface area contributed by atoms with Crippen molar-refractivity contribution in [1.82, 2.24) is 4.31 Å². The zero-order valence-electron chi connectivity index (χ0n) is 12.1. The largest absolute Gasteiger partial charge is 0.328 e. The van der Waals surface area contributed by atoms with Gasteiger partial charge in [0.2, 0.25) is 10.0 Å². The molecule has 1 aliphatic rings. The molecule has 0 amide bonds. The van der Waals surface area contributed by atoms with E-state index in [9.17, 15) is 8.42 Å². The Morgan fingerprint density at radius 2 is 1.90 bits per heavy atom. The van der Waals surface area contributed by atoms with Crippen LogP contribution in [0.4, 0.5) is 0 Å². The lowest BCUT2D eigenvalue weighted by atomic mass is 9.93. The molecule has 0 spiro atoms. The molecular weight excluding hydrogens is 331 g/mol. The topological polar surface area (TPSA) is 63.4 Å². The van der Waals surface area contributed by atoms with Gasteiger partial charge in [-0.25, -0.2) is 8.42 Å². The third-order valence-corrected chi connectivity index (χ3v) is 6.68. The Hall–Kier alpha value is -0.330. The molecule has 1 aliphatic heterocycles. The second-order valence-corrected chi connectivity index (χ2v) is 8.39. The van der Waals surface area contributed by atoms with Crippen LogP contribution >= 0.6 is 23.2 Å². The van der Waals surface area contributed by atoms with E-state index in [1.165, 1.54) is 16.4 Å². The number of piperidine rings is 1. The number of benzene rings is 1. The van der Waals surface area contributed by atoms with Gasteiger partial charge < -0.3 is 5.73 Å². The van der Waals surface area contributed by atoms with Crippen LogP contribution in [0, 0.1) is 12.8 Å². The average molecular weight is 351 g/mol. The van der Waals surface area contributed by atoms with Crippen molar-refractivity contribution in [2.45, 2.75) is 37.6 Å². The quantitative estimate of drug-likeness (QED) is 0.910. The minimum absolute atomic E-state index is 0.0202. The van der Waals surface area contributed by atoms with Gasteiger partial charge in [-0.2, -0.15) is 4.31 Å². The molecule has 2 N–H and O–H groups in total. The van der Waals surface area contributed by atoms with E-state index in [0.29, 0.717) is 28.7 Å². The van der Waals surface area contributed by atoms with Gasteiger partial charge in [0, 0.05) is 29.2 Å². The molecule has 1 aromatic rings. The van der Waals surface area contributed by atoms with Crippen molar-refractivity contribution in [3.05, 3.63) is 27.7 Å². The van der Waals surface area contributed by atoms with Crippen molar-refractivity contribution < 1.29 is 8.42 Å². The first-order valence-electron chi connectivity index (χ1n) is 6.95. The highest BCUT2D eigenvalue weighted by atomic mass is 35.5. The molecule has 0 saturated carbocycles. The molecule has 1 fully saturated rings. The van der Waals surface area contributed by atoms with Crippen LogP contribution in [0.2, 0.25) is 10.0 Å². The van der Waals surface area contributed by atoms with Crippen molar-refractivity contribution in [2.24, 2.45) is 11.7 Å². The summed E-state index contributed by atoms with van der Waals surface area (Å²) < 4.78 is 27.0. The van der Waals surface area contributed by atoms with Crippen LogP contribution in [0.25, 0.3) is 0 Å². The third-order valence-electron chi connectivity index (χ3n) is 4.06. The molecule has 7 heteroatoms. The monoisotopic (exact) mass is 350 g/mol. The van der Waals surface area contributed by atoms with E-state index in [2.05, 4.69) is 0 Å². The summed E-state index contributed by atoms with van der Waals surface area (Å²) >= 11 is 12.1. The highest BCUT2D eigenvalue weighted by Crippen LogP contribution is 2.31. The molecule has 1 aromatic carbocycles. The van der Waals surface area contributed by atoms with Crippen molar-refractivity contribution in [2.75, 3.05) is 13.1 Å². The molecule has 0 aliphatic carbocycles. The fraction of sp³-hybridized carbons (Fsp3) is 0.571. The van der Waals surface area contributed by atoms with Crippen LogP contribution in [-0.2, 0) is 10.0 Å². The maximum Gasteiger partial charge on any atom is 0.243 e. The lowest BCUT2D eigenvalue weighted by Gasteiger charge is -2.33. The Kier molecular flexibility index (Phi) is 5.21. The van der Waals surface area contributed by atoms with Crippen molar-refractivity contribution in [3.63, 3.8) is 0 Å². The third kappa shape index (κ3) is 3.54. The smallest absolute Gasteiger partial charge is 0.243 e. The van der Waals surface area contributed by atoms with Gasteiger partial charge in [0.05, 0.1) is 4.90 Å². The van der Waals surface area contributed by atoms with Crippen LogP contribution in [-0.4, -0.2) is 31.9 Å². The minimum Gasteiger partial charge on any atom is -0.328 e. The van der Waals surface area contributed by atoms with Crippen LogP contribution < -0.4 is 5.73 Å². The predicted octanol–water partition coefficient (Wildman–Crippen LogP) is 3.05. The normalized spacial score (nSPS) is 22.2. The molecule has 21 heavy (non-hydrogen) atoms. The van der Waals surface area contributed by atoms with Gasteiger partial charge in [0.25, 0.3) is 0 Å². The Bertz CT molecular complexity index is 609.